The molecule has 1 aromatic heterocycles. The van der Waals surface area contributed by atoms with Gasteiger partial charge in [-0.15, -0.1) is 0 Å². The molecule has 1 saturated heterocycles. The van der Waals surface area contributed by atoms with Gasteiger partial charge < -0.3 is 4.90 Å². The molecule has 30 heavy (non-hydrogen) atoms. The molecular weight excluding hydrogens is 394 g/mol. The first kappa shape index (κ1) is 21.2. The first-order valence-corrected chi connectivity index (χ1v) is 12.1. The van der Waals surface area contributed by atoms with Crippen molar-refractivity contribution < 1.29 is 4.79 Å². The second-order valence-corrected chi connectivity index (χ2v) is 9.68. The Hall–Kier alpha value is -2.08. The molecule has 0 unspecified atom stereocenters. The van der Waals surface area contributed by atoms with Crippen molar-refractivity contribution in [3.63, 3.8) is 0 Å². The predicted molar refractivity (Wildman–Crippen MR) is 123 cm³/mol. The third kappa shape index (κ3) is 4.80. The average molecular weight is 426 g/mol. The molecule has 2 aliphatic rings. The van der Waals surface area contributed by atoms with Gasteiger partial charge in [-0.2, -0.15) is 0 Å². The summed E-state index contributed by atoms with van der Waals surface area (Å²) in [5.41, 5.74) is 2.14. The summed E-state index contributed by atoms with van der Waals surface area (Å²) in [5.74, 6) is 0.156. The van der Waals surface area contributed by atoms with Gasteiger partial charge in [0.05, 0.1) is 16.2 Å². The monoisotopic (exact) mass is 425 g/mol. The number of hydrogen-bond acceptors (Lipinski definition) is 4. The van der Waals surface area contributed by atoms with Gasteiger partial charge in [0.2, 0.25) is 5.91 Å². The Morgan fingerprint density at radius 3 is 2.70 bits per heavy atom. The van der Waals surface area contributed by atoms with E-state index in [2.05, 4.69) is 6.08 Å². The molecule has 160 valence electrons. The van der Waals surface area contributed by atoms with E-state index in [4.69, 9.17) is 4.98 Å². The Labute approximate surface area is 182 Å². The molecule has 0 N–H and O–H groups in total. The summed E-state index contributed by atoms with van der Waals surface area (Å²) in [6, 6.07) is 7.52. The van der Waals surface area contributed by atoms with Crippen LogP contribution in [0.15, 0.2) is 45.9 Å². The van der Waals surface area contributed by atoms with E-state index >= 15 is 0 Å². The fourth-order valence-electron chi connectivity index (χ4n) is 4.40. The minimum Gasteiger partial charge on any atom is -0.342 e. The van der Waals surface area contributed by atoms with Gasteiger partial charge in [0.25, 0.3) is 5.56 Å². The minimum absolute atomic E-state index is 0.00266. The molecule has 1 amide bonds. The standard InChI is InChI=1S/C24H31N3O2S/c1-18(22(28)26-15-8-3-9-16-26)30-24-25-21-13-7-6-12-20(21)23(29)27(24)17-14-19-10-4-2-5-11-19/h6-7,10,12-13,18H,2-5,8-9,11,14-17H2,1H3/t18-/m1/s1. The maximum atomic E-state index is 13.3. The number of benzene rings is 1. The largest absolute Gasteiger partial charge is 0.342 e. The van der Waals surface area contributed by atoms with Crippen LogP contribution in [0.5, 0.6) is 0 Å². The van der Waals surface area contributed by atoms with Crippen LogP contribution in [0, 0.1) is 0 Å². The van der Waals surface area contributed by atoms with Crippen LogP contribution in [0.4, 0.5) is 0 Å². The lowest BCUT2D eigenvalue weighted by atomic mass is 9.97. The third-order valence-corrected chi connectivity index (χ3v) is 7.24. The van der Waals surface area contributed by atoms with Gasteiger partial charge in [-0.1, -0.05) is 35.5 Å². The number of fused-ring (bicyclic) bond motifs is 1. The van der Waals surface area contributed by atoms with E-state index in [1.807, 2.05) is 36.1 Å². The average Bonchev–Trinajstić information content (AvgIpc) is 2.79. The Morgan fingerprint density at radius 2 is 1.93 bits per heavy atom. The molecular formula is C24H31N3O2S. The van der Waals surface area contributed by atoms with Crippen LogP contribution in [-0.2, 0) is 11.3 Å². The van der Waals surface area contributed by atoms with Crippen molar-refractivity contribution in [2.75, 3.05) is 13.1 Å². The molecule has 1 atom stereocenters. The van der Waals surface area contributed by atoms with Crippen molar-refractivity contribution in [1.82, 2.24) is 14.5 Å². The number of allylic oxidation sites excluding steroid dienone is 2. The molecule has 5 nitrogen and oxygen atoms in total. The van der Waals surface area contributed by atoms with Crippen LogP contribution in [0.2, 0.25) is 0 Å². The van der Waals surface area contributed by atoms with Gasteiger partial charge in [0, 0.05) is 19.6 Å². The zero-order valence-electron chi connectivity index (χ0n) is 17.8. The summed E-state index contributed by atoms with van der Waals surface area (Å²) >= 11 is 1.43. The number of likely N-dealkylation sites (tertiary alicyclic amines) is 1. The topological polar surface area (TPSA) is 55.2 Å². The zero-order chi connectivity index (χ0) is 20.9. The highest BCUT2D eigenvalue weighted by atomic mass is 32.2. The highest BCUT2D eigenvalue weighted by Gasteiger charge is 2.25. The van der Waals surface area contributed by atoms with Gasteiger partial charge >= 0.3 is 0 Å². The van der Waals surface area contributed by atoms with Crippen LogP contribution >= 0.6 is 11.8 Å². The number of carbonyl (C=O) groups is 1. The number of hydrogen-bond donors (Lipinski definition) is 0. The highest BCUT2D eigenvalue weighted by molar-refractivity contribution is 8.00. The zero-order valence-corrected chi connectivity index (χ0v) is 18.6. The number of piperidine rings is 1. The summed E-state index contributed by atoms with van der Waals surface area (Å²) in [6.07, 6.45) is 11.3. The second-order valence-electron chi connectivity index (χ2n) is 8.37. The lowest BCUT2D eigenvalue weighted by molar-refractivity contribution is -0.131. The van der Waals surface area contributed by atoms with Crippen molar-refractivity contribution in [2.45, 2.75) is 75.2 Å². The summed E-state index contributed by atoms with van der Waals surface area (Å²) in [6.45, 7) is 4.25. The van der Waals surface area contributed by atoms with Crippen molar-refractivity contribution in [2.24, 2.45) is 0 Å². The maximum absolute atomic E-state index is 13.3. The quantitative estimate of drug-likeness (QED) is 0.380. The Kier molecular flexibility index (Phi) is 6.93. The van der Waals surface area contributed by atoms with Crippen molar-refractivity contribution in [3.8, 4) is 0 Å². The molecule has 4 rings (SSSR count). The number of amides is 1. The number of rotatable bonds is 6. The van der Waals surface area contributed by atoms with Crippen LogP contribution < -0.4 is 5.56 Å². The van der Waals surface area contributed by atoms with E-state index < -0.39 is 0 Å². The van der Waals surface area contributed by atoms with Crippen LogP contribution in [0.25, 0.3) is 10.9 Å². The van der Waals surface area contributed by atoms with Gasteiger partial charge in [-0.3, -0.25) is 14.2 Å². The molecule has 0 radical (unpaired) electrons. The van der Waals surface area contributed by atoms with Crippen LogP contribution in [-0.4, -0.2) is 38.7 Å². The lowest BCUT2D eigenvalue weighted by Gasteiger charge is -2.29. The molecule has 0 spiro atoms. The number of nitrogens with zero attached hydrogens (tertiary/aromatic N) is 3. The summed E-state index contributed by atoms with van der Waals surface area (Å²) in [5, 5.41) is 1.05. The molecule has 0 saturated carbocycles. The Morgan fingerprint density at radius 1 is 1.13 bits per heavy atom. The van der Waals surface area contributed by atoms with E-state index in [0.29, 0.717) is 22.6 Å². The molecule has 1 aromatic carbocycles. The highest BCUT2D eigenvalue weighted by Crippen LogP contribution is 2.26. The predicted octanol–water partition coefficient (Wildman–Crippen LogP) is 4.78. The molecule has 1 aliphatic heterocycles. The number of thioether (sulfide) groups is 1. The van der Waals surface area contributed by atoms with E-state index in [9.17, 15) is 9.59 Å². The second kappa shape index (κ2) is 9.82. The summed E-state index contributed by atoms with van der Waals surface area (Å²) in [4.78, 5) is 33.0. The van der Waals surface area contributed by atoms with Crippen molar-refractivity contribution >= 4 is 28.6 Å². The molecule has 0 bridgehead atoms. The van der Waals surface area contributed by atoms with Crippen molar-refractivity contribution in [1.29, 1.82) is 0 Å². The lowest BCUT2D eigenvalue weighted by Crippen LogP contribution is -2.40. The van der Waals surface area contributed by atoms with Crippen LogP contribution in [0.1, 0.15) is 58.3 Å². The molecule has 1 fully saturated rings. The van der Waals surface area contributed by atoms with Gasteiger partial charge in [0.15, 0.2) is 5.16 Å². The summed E-state index contributed by atoms with van der Waals surface area (Å²) < 4.78 is 1.79. The van der Waals surface area contributed by atoms with E-state index in [0.717, 1.165) is 45.2 Å². The molecule has 2 aromatic rings. The van der Waals surface area contributed by atoms with Gasteiger partial charge in [-0.05, 0) is 70.4 Å². The van der Waals surface area contributed by atoms with Gasteiger partial charge in [-0.25, -0.2) is 4.98 Å². The smallest absolute Gasteiger partial charge is 0.262 e. The normalized spacial score (nSPS) is 18.3. The third-order valence-electron chi connectivity index (χ3n) is 6.17. The van der Waals surface area contributed by atoms with E-state index in [1.165, 1.54) is 36.6 Å². The van der Waals surface area contributed by atoms with Gasteiger partial charge in [0.1, 0.15) is 0 Å². The fraction of sp³-hybridized carbons (Fsp3) is 0.542. The maximum Gasteiger partial charge on any atom is 0.262 e. The Bertz CT molecular complexity index is 992. The molecule has 1 aliphatic carbocycles. The number of para-hydroxylation sites is 1. The summed E-state index contributed by atoms with van der Waals surface area (Å²) in [7, 11) is 0. The molecule has 2 heterocycles. The Balaban J connectivity index is 1.60. The first-order chi connectivity index (χ1) is 14.6. The molecule has 6 heteroatoms. The SMILES string of the molecule is C[C@@H](Sc1nc2ccccc2c(=O)n1CCC1=CCCCC1)C(=O)N1CCCCC1. The number of carbonyl (C=O) groups excluding carboxylic acids is 1. The van der Waals surface area contributed by atoms with Crippen LogP contribution in [0.3, 0.4) is 0 Å². The van der Waals surface area contributed by atoms with Crippen molar-refractivity contribution in [3.05, 3.63) is 46.3 Å². The first-order valence-electron chi connectivity index (χ1n) is 11.3. The number of aromatic nitrogens is 2. The van der Waals surface area contributed by atoms with E-state index in [1.54, 1.807) is 4.57 Å². The fourth-order valence-corrected chi connectivity index (χ4v) is 5.42. The van der Waals surface area contributed by atoms with E-state index in [-0.39, 0.29) is 16.7 Å². The minimum atomic E-state index is -0.253.